The smallest absolute Gasteiger partial charge is 0.341 e. The van der Waals surface area contributed by atoms with E-state index in [4.69, 9.17) is 21.7 Å². The van der Waals surface area contributed by atoms with E-state index < -0.39 is 17.2 Å². The van der Waals surface area contributed by atoms with Crippen LogP contribution < -0.4 is 19.8 Å². The van der Waals surface area contributed by atoms with Gasteiger partial charge in [0.1, 0.15) is 11.4 Å². The van der Waals surface area contributed by atoms with E-state index in [0.717, 1.165) is 34.9 Å². The second kappa shape index (κ2) is 8.77. The number of hydrogen-bond donors (Lipinski definition) is 1. The maximum atomic E-state index is 15.2. The number of carboxylic acid groups (broad SMARTS) is 1. The first-order chi connectivity index (χ1) is 17.4. The Morgan fingerprint density at radius 1 is 1.08 bits per heavy atom. The molecule has 0 atom stereocenters. The first-order valence-corrected chi connectivity index (χ1v) is 12.3. The number of aromatic nitrogens is 1. The zero-order valence-corrected chi connectivity index (χ0v) is 20.2. The molecule has 1 aromatic heterocycles. The molecule has 3 aliphatic rings. The number of piperazine rings is 1. The lowest BCUT2D eigenvalue weighted by molar-refractivity contribution is 0.0695. The van der Waals surface area contributed by atoms with Crippen LogP contribution in [0.4, 0.5) is 10.1 Å². The molecule has 1 N–H and O–H groups in total. The molecule has 2 aliphatic heterocycles. The molecular formula is C26H24FN3O5S. The molecule has 0 radical (unpaired) electrons. The fourth-order valence-electron chi connectivity index (χ4n) is 4.94. The maximum Gasteiger partial charge on any atom is 0.341 e. The number of rotatable bonds is 5. The van der Waals surface area contributed by atoms with Crippen LogP contribution in [-0.4, -0.2) is 58.5 Å². The van der Waals surface area contributed by atoms with Crippen molar-refractivity contribution in [3.05, 3.63) is 63.7 Å². The van der Waals surface area contributed by atoms with E-state index in [-0.39, 0.29) is 23.8 Å². The largest absolute Gasteiger partial charge is 0.477 e. The van der Waals surface area contributed by atoms with Crippen LogP contribution in [0, 0.1) is 5.82 Å². The zero-order valence-electron chi connectivity index (χ0n) is 19.4. The number of benzene rings is 2. The number of halogens is 1. The van der Waals surface area contributed by atoms with Gasteiger partial charge in [0, 0.05) is 50.2 Å². The molecule has 10 heteroatoms. The Bertz CT molecular complexity index is 1460. The van der Waals surface area contributed by atoms with Gasteiger partial charge in [0.25, 0.3) is 0 Å². The predicted molar refractivity (Wildman–Crippen MR) is 136 cm³/mol. The van der Waals surface area contributed by atoms with Crippen molar-refractivity contribution in [3.8, 4) is 11.5 Å². The zero-order chi connectivity index (χ0) is 25.0. The minimum Gasteiger partial charge on any atom is -0.477 e. The average Bonchev–Trinajstić information content (AvgIpc) is 3.61. The third-order valence-electron chi connectivity index (χ3n) is 7.04. The number of thiocarbonyl (C=S) groups is 1. The summed E-state index contributed by atoms with van der Waals surface area (Å²) in [6, 6.07) is 8.84. The average molecular weight is 510 g/mol. The molecule has 1 saturated carbocycles. The van der Waals surface area contributed by atoms with E-state index in [1.807, 2.05) is 27.7 Å². The van der Waals surface area contributed by atoms with Crippen LogP contribution in [0.3, 0.4) is 0 Å². The summed E-state index contributed by atoms with van der Waals surface area (Å²) in [4.78, 5) is 29.2. The summed E-state index contributed by atoms with van der Waals surface area (Å²) in [6.07, 6.45) is 3.82. The monoisotopic (exact) mass is 509 g/mol. The van der Waals surface area contributed by atoms with Crippen molar-refractivity contribution in [3.63, 3.8) is 0 Å². The van der Waals surface area contributed by atoms with E-state index >= 15 is 4.39 Å². The molecule has 1 aliphatic carbocycles. The quantitative estimate of drug-likeness (QED) is 0.523. The summed E-state index contributed by atoms with van der Waals surface area (Å²) < 4.78 is 27.9. The first kappa shape index (κ1) is 22.8. The molecule has 2 aromatic carbocycles. The van der Waals surface area contributed by atoms with Crippen molar-refractivity contribution in [2.24, 2.45) is 0 Å². The summed E-state index contributed by atoms with van der Waals surface area (Å²) in [7, 11) is 0. The molecule has 0 spiro atoms. The number of hydrogen-bond acceptors (Lipinski definition) is 6. The van der Waals surface area contributed by atoms with Gasteiger partial charge in [-0.05, 0) is 42.7 Å². The van der Waals surface area contributed by atoms with Gasteiger partial charge >= 0.3 is 5.97 Å². The Morgan fingerprint density at radius 3 is 2.56 bits per heavy atom. The van der Waals surface area contributed by atoms with E-state index in [1.165, 1.54) is 12.3 Å². The SMILES string of the molecule is O=C(O)c1cn(C2CC2)c2cc(N3CCN(C(=S)Cc4ccc5c(c4)OCO5)CC3)c(F)cc2c1=O. The number of carboxylic acids is 1. The molecule has 1 saturated heterocycles. The van der Waals surface area contributed by atoms with Crippen molar-refractivity contribution < 1.29 is 23.8 Å². The van der Waals surface area contributed by atoms with Crippen molar-refractivity contribution in [1.82, 2.24) is 9.47 Å². The number of nitrogens with zero attached hydrogens (tertiary/aromatic N) is 3. The minimum absolute atomic E-state index is 0.103. The highest BCUT2D eigenvalue weighted by Crippen LogP contribution is 2.38. The molecule has 3 aromatic rings. The number of fused-ring (bicyclic) bond motifs is 2. The van der Waals surface area contributed by atoms with Gasteiger partial charge in [-0.2, -0.15) is 0 Å². The van der Waals surface area contributed by atoms with Crippen molar-refractivity contribution in [2.75, 3.05) is 37.9 Å². The molecule has 2 fully saturated rings. The van der Waals surface area contributed by atoms with Gasteiger partial charge in [0.05, 0.1) is 16.2 Å². The van der Waals surface area contributed by atoms with Gasteiger partial charge in [-0.3, -0.25) is 4.79 Å². The molecule has 0 amide bonds. The van der Waals surface area contributed by atoms with E-state index in [0.29, 0.717) is 43.8 Å². The maximum absolute atomic E-state index is 15.2. The predicted octanol–water partition coefficient (Wildman–Crippen LogP) is 3.59. The Balaban J connectivity index is 1.21. The van der Waals surface area contributed by atoms with Crippen LogP contribution in [0.15, 0.2) is 41.3 Å². The summed E-state index contributed by atoms with van der Waals surface area (Å²) in [5, 5.41) is 9.54. The van der Waals surface area contributed by atoms with E-state index in [9.17, 15) is 14.7 Å². The number of ether oxygens (including phenoxy) is 2. The van der Waals surface area contributed by atoms with Gasteiger partial charge < -0.3 is 28.9 Å². The molecule has 0 bridgehead atoms. The summed E-state index contributed by atoms with van der Waals surface area (Å²) in [5.41, 5.74) is 1.06. The molecule has 6 rings (SSSR count). The van der Waals surface area contributed by atoms with Crippen molar-refractivity contribution >= 4 is 39.8 Å². The van der Waals surface area contributed by atoms with Crippen LogP contribution in [0.25, 0.3) is 10.9 Å². The lowest BCUT2D eigenvalue weighted by Crippen LogP contribution is -2.49. The highest BCUT2D eigenvalue weighted by atomic mass is 32.1. The molecule has 0 unspecified atom stereocenters. The number of pyridine rings is 1. The highest BCUT2D eigenvalue weighted by Gasteiger charge is 2.29. The molecule has 36 heavy (non-hydrogen) atoms. The van der Waals surface area contributed by atoms with Crippen molar-refractivity contribution in [1.29, 1.82) is 0 Å². The lowest BCUT2D eigenvalue weighted by atomic mass is 10.1. The number of anilines is 1. The van der Waals surface area contributed by atoms with Crippen LogP contribution >= 0.6 is 12.2 Å². The first-order valence-electron chi connectivity index (χ1n) is 11.9. The van der Waals surface area contributed by atoms with Gasteiger partial charge in [-0.15, -0.1) is 0 Å². The van der Waals surface area contributed by atoms with E-state index in [1.54, 1.807) is 6.07 Å². The van der Waals surface area contributed by atoms with Gasteiger partial charge in [0.15, 0.2) is 11.5 Å². The second-order valence-corrected chi connectivity index (χ2v) is 9.84. The summed E-state index contributed by atoms with van der Waals surface area (Å²) in [5.74, 6) is -0.358. The van der Waals surface area contributed by atoms with Gasteiger partial charge in [0.2, 0.25) is 12.2 Å². The molecule has 3 heterocycles. The fourth-order valence-corrected chi connectivity index (χ4v) is 5.29. The standard InChI is InChI=1S/C26H24FN3O5S/c27-19-11-17-20(30(16-2-3-16)13-18(25(17)31)26(32)33)12-21(19)28-5-7-29(8-6-28)24(36)10-15-1-4-22-23(9-15)35-14-34-22/h1,4,9,11-13,16H,2-3,5-8,10,14H2,(H,32,33). The highest BCUT2D eigenvalue weighted by molar-refractivity contribution is 7.80. The lowest BCUT2D eigenvalue weighted by Gasteiger charge is -2.37. The minimum atomic E-state index is -1.30. The topological polar surface area (TPSA) is 84.2 Å². The number of aromatic carboxylic acids is 1. The third kappa shape index (κ3) is 4.05. The van der Waals surface area contributed by atoms with Crippen LogP contribution in [-0.2, 0) is 6.42 Å². The Kier molecular flexibility index (Phi) is 5.55. The van der Waals surface area contributed by atoms with Gasteiger partial charge in [-0.25, -0.2) is 9.18 Å². The molecule has 186 valence electrons. The Hall–Kier alpha value is -3.66. The summed E-state index contributed by atoms with van der Waals surface area (Å²) in [6.45, 7) is 2.67. The summed E-state index contributed by atoms with van der Waals surface area (Å²) >= 11 is 5.70. The second-order valence-electron chi connectivity index (χ2n) is 9.37. The van der Waals surface area contributed by atoms with Crippen LogP contribution in [0.2, 0.25) is 0 Å². The molecule has 8 nitrogen and oxygen atoms in total. The third-order valence-corrected chi connectivity index (χ3v) is 7.44. The van der Waals surface area contributed by atoms with Crippen LogP contribution in [0.5, 0.6) is 11.5 Å². The fraction of sp³-hybridized carbons (Fsp3) is 0.346. The number of carbonyl (C=O) groups is 1. The van der Waals surface area contributed by atoms with Gasteiger partial charge in [-0.1, -0.05) is 18.3 Å². The van der Waals surface area contributed by atoms with E-state index in [2.05, 4.69) is 4.90 Å². The van der Waals surface area contributed by atoms with Crippen molar-refractivity contribution in [2.45, 2.75) is 25.3 Å². The molecular weight excluding hydrogens is 485 g/mol. The normalized spacial score (nSPS) is 17.0. The Morgan fingerprint density at radius 2 is 1.83 bits per heavy atom. The van der Waals surface area contributed by atoms with Crippen LogP contribution in [0.1, 0.15) is 34.8 Å². The Labute approximate surface area is 211 Å².